The molecular formula is C22H34F2Si. The Hall–Kier alpha value is -0.963. The van der Waals surface area contributed by atoms with Gasteiger partial charge in [0.15, 0.2) is 5.83 Å². The van der Waals surface area contributed by atoms with Gasteiger partial charge in [-0.25, -0.2) is 8.78 Å². The summed E-state index contributed by atoms with van der Waals surface area (Å²) >= 11 is 0. The third kappa shape index (κ3) is 7.43. The Balaban J connectivity index is 1.62. The molecule has 0 unspecified atom stereocenters. The van der Waals surface area contributed by atoms with E-state index in [0.29, 0.717) is 5.56 Å². The summed E-state index contributed by atoms with van der Waals surface area (Å²) in [7, 11) is -0.420. The number of rotatable bonds is 10. The second-order valence-corrected chi connectivity index (χ2v) is 11.2. The smallest absolute Gasteiger partial charge is 0.158 e. The van der Waals surface area contributed by atoms with Crippen molar-refractivity contribution in [1.82, 2.24) is 0 Å². The molecule has 140 valence electrons. The minimum absolute atomic E-state index is 0.0289. The van der Waals surface area contributed by atoms with E-state index in [9.17, 15) is 8.78 Å². The molecule has 1 saturated heterocycles. The zero-order chi connectivity index (χ0) is 17.9. The molecule has 3 heteroatoms. The van der Waals surface area contributed by atoms with Crippen LogP contribution in [0.25, 0.3) is 5.83 Å². The van der Waals surface area contributed by atoms with E-state index in [4.69, 9.17) is 0 Å². The molecule has 1 aliphatic heterocycles. The van der Waals surface area contributed by atoms with Crippen LogP contribution in [0, 0.1) is 5.92 Å². The van der Waals surface area contributed by atoms with Crippen molar-refractivity contribution in [3.8, 4) is 0 Å². The molecule has 1 fully saturated rings. The van der Waals surface area contributed by atoms with E-state index in [2.05, 4.69) is 6.92 Å². The molecule has 1 aliphatic rings. The number of benzene rings is 1. The van der Waals surface area contributed by atoms with Gasteiger partial charge in [0.25, 0.3) is 0 Å². The van der Waals surface area contributed by atoms with Crippen LogP contribution < -0.4 is 0 Å². The van der Waals surface area contributed by atoms with Gasteiger partial charge in [0.05, 0.1) is 0 Å². The Kier molecular flexibility index (Phi) is 9.45. The van der Waals surface area contributed by atoms with Crippen molar-refractivity contribution in [3.63, 3.8) is 0 Å². The number of halogens is 2. The maximum absolute atomic E-state index is 13.1. The molecule has 1 aromatic carbocycles. The largest absolute Gasteiger partial charge is 0.212 e. The summed E-state index contributed by atoms with van der Waals surface area (Å²) in [5, 5.41) is 0. The van der Waals surface area contributed by atoms with Crippen molar-refractivity contribution in [1.29, 1.82) is 0 Å². The first kappa shape index (κ1) is 20.4. The SMILES string of the molecule is CCCCCCC[SiH]1CCC(CCc2ccc(C(F)=CF)cc2)CC1. The van der Waals surface area contributed by atoms with E-state index in [1.807, 2.05) is 12.1 Å². The lowest BCUT2D eigenvalue weighted by molar-refractivity contribution is 0.437. The Morgan fingerprint density at radius 1 is 1.08 bits per heavy atom. The van der Waals surface area contributed by atoms with Crippen molar-refractivity contribution in [3.05, 3.63) is 41.7 Å². The Morgan fingerprint density at radius 2 is 1.76 bits per heavy atom. The first-order valence-electron chi connectivity index (χ1n) is 10.3. The zero-order valence-corrected chi connectivity index (χ0v) is 16.9. The minimum Gasteiger partial charge on any atom is -0.212 e. The molecule has 2 rings (SSSR count). The van der Waals surface area contributed by atoms with Gasteiger partial charge in [0.2, 0.25) is 0 Å². The monoisotopic (exact) mass is 364 g/mol. The third-order valence-corrected chi connectivity index (χ3v) is 9.37. The van der Waals surface area contributed by atoms with Crippen LogP contribution in [0.5, 0.6) is 0 Å². The molecule has 1 aromatic rings. The summed E-state index contributed by atoms with van der Waals surface area (Å²) in [5.74, 6) is 0.0931. The van der Waals surface area contributed by atoms with Gasteiger partial charge in [-0.15, -0.1) is 0 Å². The average molecular weight is 365 g/mol. The Labute approximate surface area is 154 Å². The highest BCUT2D eigenvalue weighted by atomic mass is 28.3. The van der Waals surface area contributed by atoms with Gasteiger partial charge in [-0.3, -0.25) is 0 Å². The number of unbranched alkanes of at least 4 members (excludes halogenated alkanes) is 4. The van der Waals surface area contributed by atoms with E-state index in [0.717, 1.165) is 12.3 Å². The predicted molar refractivity (Wildman–Crippen MR) is 108 cm³/mol. The van der Waals surface area contributed by atoms with Crippen LogP contribution in [0.15, 0.2) is 30.6 Å². The molecule has 1 heterocycles. The molecule has 0 amide bonds. The summed E-state index contributed by atoms with van der Waals surface area (Å²) in [6.07, 6.45) is 12.3. The van der Waals surface area contributed by atoms with Crippen molar-refractivity contribution in [2.24, 2.45) is 5.92 Å². The Morgan fingerprint density at radius 3 is 2.40 bits per heavy atom. The maximum Gasteiger partial charge on any atom is 0.158 e. The first-order valence-corrected chi connectivity index (χ1v) is 12.7. The highest BCUT2D eigenvalue weighted by molar-refractivity contribution is 6.58. The standard InChI is InChI=1S/C22H34F2Si/c1-2-3-4-5-6-15-25-16-13-20(14-17-25)8-7-19-9-11-21(12-10-19)22(24)18-23/h9-12,18,20,25H,2-8,13-17H2,1H3. The molecule has 0 aliphatic carbocycles. The van der Waals surface area contributed by atoms with Gasteiger partial charge < -0.3 is 0 Å². The molecule has 0 bridgehead atoms. The number of hydrogen-bond donors (Lipinski definition) is 0. The summed E-state index contributed by atoms with van der Waals surface area (Å²) in [6.45, 7) is 2.28. The topological polar surface area (TPSA) is 0 Å². The molecular weight excluding hydrogens is 330 g/mol. The zero-order valence-electron chi connectivity index (χ0n) is 15.8. The van der Waals surface area contributed by atoms with Gasteiger partial charge in [-0.05, 0) is 24.3 Å². The number of hydrogen-bond acceptors (Lipinski definition) is 0. The normalized spacial score (nSPS) is 21.5. The molecule has 0 atom stereocenters. The molecule has 0 radical (unpaired) electrons. The van der Waals surface area contributed by atoms with E-state index in [-0.39, 0.29) is 6.33 Å². The van der Waals surface area contributed by atoms with Crippen molar-refractivity contribution in [2.45, 2.75) is 82.8 Å². The van der Waals surface area contributed by atoms with Crippen LogP contribution in [-0.4, -0.2) is 8.80 Å². The lowest BCUT2D eigenvalue weighted by Gasteiger charge is -2.27. The molecule has 0 N–H and O–H groups in total. The number of aryl methyl sites for hydroxylation is 1. The van der Waals surface area contributed by atoms with Crippen LogP contribution >= 0.6 is 0 Å². The highest BCUT2D eigenvalue weighted by Gasteiger charge is 2.21. The van der Waals surface area contributed by atoms with Crippen molar-refractivity contribution < 1.29 is 8.78 Å². The summed E-state index contributed by atoms with van der Waals surface area (Å²) in [5.41, 5.74) is 1.57. The van der Waals surface area contributed by atoms with E-state index in [1.54, 1.807) is 30.3 Å². The van der Waals surface area contributed by atoms with Crippen molar-refractivity contribution >= 4 is 14.6 Å². The van der Waals surface area contributed by atoms with Crippen LogP contribution in [0.1, 0.15) is 69.4 Å². The van der Waals surface area contributed by atoms with E-state index >= 15 is 0 Å². The fraction of sp³-hybridized carbons (Fsp3) is 0.636. The van der Waals surface area contributed by atoms with Crippen LogP contribution in [0.4, 0.5) is 8.78 Å². The van der Waals surface area contributed by atoms with Gasteiger partial charge >= 0.3 is 0 Å². The Bertz CT molecular complexity index is 501. The minimum atomic E-state index is -0.787. The quantitative estimate of drug-likeness (QED) is 0.298. The summed E-state index contributed by atoms with van der Waals surface area (Å²) in [4.78, 5) is 0. The fourth-order valence-electron chi connectivity index (χ4n) is 4.11. The lowest BCUT2D eigenvalue weighted by atomic mass is 9.94. The summed E-state index contributed by atoms with van der Waals surface area (Å²) in [6, 6.07) is 11.9. The molecule has 0 aromatic heterocycles. The molecule has 0 nitrogen and oxygen atoms in total. The van der Waals surface area contributed by atoms with Crippen LogP contribution in [0.3, 0.4) is 0 Å². The van der Waals surface area contributed by atoms with Gasteiger partial charge in [0.1, 0.15) is 6.33 Å². The fourth-order valence-corrected chi connectivity index (χ4v) is 7.73. The van der Waals surface area contributed by atoms with Gasteiger partial charge in [-0.1, -0.05) is 94.3 Å². The summed E-state index contributed by atoms with van der Waals surface area (Å²) < 4.78 is 25.3. The van der Waals surface area contributed by atoms with Crippen molar-refractivity contribution in [2.75, 3.05) is 0 Å². The average Bonchev–Trinajstić information content (AvgIpc) is 2.67. The first-order chi connectivity index (χ1) is 12.2. The maximum atomic E-state index is 13.1. The second-order valence-electron chi connectivity index (χ2n) is 7.78. The van der Waals surface area contributed by atoms with Crippen LogP contribution in [0.2, 0.25) is 18.1 Å². The highest BCUT2D eigenvalue weighted by Crippen LogP contribution is 2.31. The van der Waals surface area contributed by atoms with E-state index in [1.165, 1.54) is 56.9 Å². The predicted octanol–water partition coefficient (Wildman–Crippen LogP) is 7.46. The van der Waals surface area contributed by atoms with Gasteiger partial charge in [-0.2, -0.15) is 0 Å². The molecule has 0 spiro atoms. The second kappa shape index (κ2) is 11.6. The third-order valence-electron chi connectivity index (χ3n) is 5.85. The van der Waals surface area contributed by atoms with Crippen LogP contribution in [-0.2, 0) is 6.42 Å². The van der Waals surface area contributed by atoms with Gasteiger partial charge in [0, 0.05) is 14.4 Å². The molecule has 25 heavy (non-hydrogen) atoms. The lowest BCUT2D eigenvalue weighted by Crippen LogP contribution is -2.21. The molecule has 0 saturated carbocycles. The van der Waals surface area contributed by atoms with E-state index < -0.39 is 14.6 Å².